The van der Waals surface area contributed by atoms with Gasteiger partial charge in [-0.3, -0.25) is 4.79 Å². The largest absolute Gasteiger partial charge is 0.344 e. The lowest BCUT2D eigenvalue weighted by molar-refractivity contribution is 0.0935. The van der Waals surface area contributed by atoms with Crippen molar-refractivity contribution in [1.29, 1.82) is 0 Å². The molecule has 1 N–H and O–H groups in total. The summed E-state index contributed by atoms with van der Waals surface area (Å²) in [6.45, 7) is 1.95. The lowest BCUT2D eigenvalue weighted by atomic mass is 10.1. The maximum Gasteiger partial charge on any atom is 0.270 e. The van der Waals surface area contributed by atoms with E-state index in [1.54, 1.807) is 17.4 Å². The molecule has 1 amide bonds. The maximum atomic E-state index is 12.3. The number of halogens is 1. The average molecular weight is 317 g/mol. The standard InChI is InChI=1S/C16H13ClN2OS/c1-10(11-6-7-21-9-11)18-16(20)15-8-13(17)12-4-2-3-5-14(12)19-15/h2-10H,1H3,(H,18,20). The van der Waals surface area contributed by atoms with Gasteiger partial charge in [0.15, 0.2) is 0 Å². The number of rotatable bonds is 3. The van der Waals surface area contributed by atoms with Crippen molar-refractivity contribution in [2.75, 3.05) is 0 Å². The summed E-state index contributed by atoms with van der Waals surface area (Å²) < 4.78 is 0. The molecule has 106 valence electrons. The highest BCUT2D eigenvalue weighted by molar-refractivity contribution is 7.07. The van der Waals surface area contributed by atoms with Crippen LogP contribution in [0.4, 0.5) is 0 Å². The van der Waals surface area contributed by atoms with Crippen LogP contribution in [-0.4, -0.2) is 10.9 Å². The zero-order valence-electron chi connectivity index (χ0n) is 11.3. The number of amides is 1. The predicted octanol–water partition coefficient (Wildman–Crippen LogP) is 4.44. The summed E-state index contributed by atoms with van der Waals surface area (Å²) in [5.41, 5.74) is 2.14. The van der Waals surface area contributed by atoms with E-state index in [4.69, 9.17) is 11.6 Å². The zero-order valence-corrected chi connectivity index (χ0v) is 12.9. The van der Waals surface area contributed by atoms with Crippen LogP contribution in [0.15, 0.2) is 47.2 Å². The number of para-hydroxylation sites is 1. The van der Waals surface area contributed by atoms with Crippen LogP contribution in [0, 0.1) is 0 Å². The molecule has 0 saturated heterocycles. The number of nitrogens with one attached hydrogen (secondary N) is 1. The fraction of sp³-hybridized carbons (Fsp3) is 0.125. The Hall–Kier alpha value is -1.91. The van der Waals surface area contributed by atoms with Crippen LogP contribution in [0.1, 0.15) is 29.0 Å². The molecule has 3 nitrogen and oxygen atoms in total. The van der Waals surface area contributed by atoms with Crippen molar-refractivity contribution in [3.05, 3.63) is 63.4 Å². The first-order valence-electron chi connectivity index (χ1n) is 6.53. The maximum absolute atomic E-state index is 12.3. The summed E-state index contributed by atoms with van der Waals surface area (Å²) >= 11 is 7.83. The number of thiophene rings is 1. The van der Waals surface area contributed by atoms with E-state index < -0.39 is 0 Å². The Morgan fingerprint density at radius 3 is 2.90 bits per heavy atom. The van der Waals surface area contributed by atoms with Crippen LogP contribution in [0.5, 0.6) is 0 Å². The van der Waals surface area contributed by atoms with Crippen molar-refractivity contribution in [2.24, 2.45) is 0 Å². The SMILES string of the molecule is CC(NC(=O)c1cc(Cl)c2ccccc2n1)c1ccsc1. The van der Waals surface area contributed by atoms with Gasteiger partial charge in [-0.1, -0.05) is 29.8 Å². The third-order valence-corrected chi connectivity index (χ3v) is 4.30. The molecule has 5 heteroatoms. The molecule has 2 heterocycles. The highest BCUT2D eigenvalue weighted by Gasteiger charge is 2.14. The van der Waals surface area contributed by atoms with E-state index >= 15 is 0 Å². The molecule has 0 aliphatic carbocycles. The molecule has 21 heavy (non-hydrogen) atoms. The van der Waals surface area contributed by atoms with Gasteiger partial charge < -0.3 is 5.32 Å². The summed E-state index contributed by atoms with van der Waals surface area (Å²) in [6.07, 6.45) is 0. The van der Waals surface area contributed by atoms with Crippen LogP contribution >= 0.6 is 22.9 Å². The molecular weight excluding hydrogens is 304 g/mol. The number of aromatic nitrogens is 1. The molecule has 3 rings (SSSR count). The molecule has 0 radical (unpaired) electrons. The lowest BCUT2D eigenvalue weighted by Crippen LogP contribution is -2.27. The Bertz CT molecular complexity index is 786. The molecule has 0 saturated carbocycles. The van der Waals surface area contributed by atoms with Gasteiger partial charge in [0.1, 0.15) is 5.69 Å². The lowest BCUT2D eigenvalue weighted by Gasteiger charge is -2.12. The van der Waals surface area contributed by atoms with Gasteiger partial charge in [-0.2, -0.15) is 11.3 Å². The monoisotopic (exact) mass is 316 g/mol. The molecule has 0 spiro atoms. The minimum Gasteiger partial charge on any atom is -0.344 e. The molecule has 2 aromatic heterocycles. The van der Waals surface area contributed by atoms with E-state index in [1.807, 2.05) is 48.0 Å². The van der Waals surface area contributed by atoms with Gasteiger partial charge in [-0.05, 0) is 41.4 Å². The molecule has 0 fully saturated rings. The van der Waals surface area contributed by atoms with Gasteiger partial charge in [0.25, 0.3) is 5.91 Å². The van der Waals surface area contributed by atoms with Gasteiger partial charge >= 0.3 is 0 Å². The van der Waals surface area contributed by atoms with Crippen LogP contribution in [0.2, 0.25) is 5.02 Å². The number of hydrogen-bond acceptors (Lipinski definition) is 3. The van der Waals surface area contributed by atoms with Gasteiger partial charge in [0, 0.05) is 5.39 Å². The van der Waals surface area contributed by atoms with E-state index in [0.717, 1.165) is 16.5 Å². The molecule has 1 unspecified atom stereocenters. The first-order chi connectivity index (χ1) is 10.1. The second-order valence-electron chi connectivity index (χ2n) is 4.76. The summed E-state index contributed by atoms with van der Waals surface area (Å²) in [6, 6.07) is 11.1. The fourth-order valence-corrected chi connectivity index (χ4v) is 3.14. The van der Waals surface area contributed by atoms with Crippen molar-refractivity contribution in [1.82, 2.24) is 10.3 Å². The Labute approximate surface area is 131 Å². The Balaban J connectivity index is 1.88. The Morgan fingerprint density at radius 2 is 2.14 bits per heavy atom. The third-order valence-electron chi connectivity index (χ3n) is 3.29. The number of carbonyl (C=O) groups excluding carboxylic acids is 1. The molecule has 0 bridgehead atoms. The van der Waals surface area contributed by atoms with E-state index in [9.17, 15) is 4.79 Å². The second kappa shape index (κ2) is 5.84. The summed E-state index contributed by atoms with van der Waals surface area (Å²) in [5.74, 6) is -0.221. The van der Waals surface area contributed by atoms with E-state index in [1.165, 1.54) is 0 Å². The van der Waals surface area contributed by atoms with Crippen molar-refractivity contribution in [3.8, 4) is 0 Å². The summed E-state index contributed by atoms with van der Waals surface area (Å²) in [4.78, 5) is 16.7. The Kier molecular flexibility index (Phi) is 3.90. The van der Waals surface area contributed by atoms with Crippen molar-refractivity contribution >= 4 is 39.7 Å². The molecule has 1 aromatic carbocycles. The van der Waals surface area contributed by atoms with E-state index in [-0.39, 0.29) is 11.9 Å². The van der Waals surface area contributed by atoms with Crippen LogP contribution in [0.25, 0.3) is 10.9 Å². The number of carbonyl (C=O) groups is 1. The normalized spacial score (nSPS) is 12.3. The third kappa shape index (κ3) is 2.91. The van der Waals surface area contributed by atoms with Gasteiger partial charge in [-0.25, -0.2) is 4.98 Å². The number of pyridine rings is 1. The molecule has 1 atom stereocenters. The number of benzene rings is 1. The van der Waals surface area contributed by atoms with Crippen LogP contribution < -0.4 is 5.32 Å². The zero-order chi connectivity index (χ0) is 14.8. The van der Waals surface area contributed by atoms with E-state index in [0.29, 0.717) is 10.7 Å². The molecule has 3 aromatic rings. The number of nitrogens with zero attached hydrogens (tertiary/aromatic N) is 1. The van der Waals surface area contributed by atoms with Crippen molar-refractivity contribution in [3.63, 3.8) is 0 Å². The summed E-state index contributed by atoms with van der Waals surface area (Å²) in [7, 11) is 0. The molecular formula is C16H13ClN2OS. The second-order valence-corrected chi connectivity index (χ2v) is 5.95. The molecule has 0 aliphatic heterocycles. The van der Waals surface area contributed by atoms with Gasteiger partial charge in [-0.15, -0.1) is 0 Å². The van der Waals surface area contributed by atoms with Gasteiger partial charge in [0.2, 0.25) is 0 Å². The number of hydrogen-bond donors (Lipinski definition) is 1. The van der Waals surface area contributed by atoms with Gasteiger partial charge in [0.05, 0.1) is 16.6 Å². The fourth-order valence-electron chi connectivity index (χ4n) is 2.12. The van der Waals surface area contributed by atoms with E-state index in [2.05, 4.69) is 10.3 Å². The van der Waals surface area contributed by atoms with Crippen molar-refractivity contribution < 1.29 is 4.79 Å². The Morgan fingerprint density at radius 1 is 1.33 bits per heavy atom. The highest BCUT2D eigenvalue weighted by atomic mass is 35.5. The first-order valence-corrected chi connectivity index (χ1v) is 7.85. The molecule has 0 aliphatic rings. The summed E-state index contributed by atoms with van der Waals surface area (Å²) in [5, 5.41) is 8.33. The minimum absolute atomic E-state index is 0.0594. The minimum atomic E-state index is -0.221. The number of fused-ring (bicyclic) bond motifs is 1. The van der Waals surface area contributed by atoms with Crippen LogP contribution in [-0.2, 0) is 0 Å². The quantitative estimate of drug-likeness (QED) is 0.776. The smallest absolute Gasteiger partial charge is 0.270 e. The predicted molar refractivity (Wildman–Crippen MR) is 87.0 cm³/mol. The van der Waals surface area contributed by atoms with Crippen molar-refractivity contribution in [2.45, 2.75) is 13.0 Å². The topological polar surface area (TPSA) is 42.0 Å². The highest BCUT2D eigenvalue weighted by Crippen LogP contribution is 2.23. The van der Waals surface area contributed by atoms with Crippen LogP contribution in [0.3, 0.4) is 0 Å². The first kappa shape index (κ1) is 14.0. The average Bonchev–Trinajstić information content (AvgIpc) is 3.01.